The average molecular weight is 856 g/mol. The third-order valence-corrected chi connectivity index (χ3v) is 12.9. The van der Waals surface area contributed by atoms with Crippen molar-refractivity contribution in [2.75, 3.05) is 14.2 Å². The predicted octanol–water partition coefficient (Wildman–Crippen LogP) is 7.51. The van der Waals surface area contributed by atoms with Crippen molar-refractivity contribution in [1.82, 2.24) is 40.0 Å². The molecule has 2 aliphatic carbocycles. The molecule has 0 bridgehead atoms. The van der Waals surface area contributed by atoms with Gasteiger partial charge in [-0.1, -0.05) is 87.0 Å². The van der Waals surface area contributed by atoms with E-state index in [1.165, 1.54) is 14.2 Å². The van der Waals surface area contributed by atoms with Crippen molar-refractivity contribution in [1.29, 1.82) is 0 Å². The number of nitrogens with zero attached hydrogens (tertiary/aromatic N) is 5. The molecule has 2 aliphatic heterocycles. The van der Waals surface area contributed by atoms with Crippen LogP contribution in [0.4, 0.5) is 9.59 Å². The van der Waals surface area contributed by atoms with E-state index in [2.05, 4.69) is 27.1 Å². The number of carbonyl (C=O) groups is 4. The number of amides is 4. The van der Waals surface area contributed by atoms with Gasteiger partial charge in [0.05, 0.1) is 19.2 Å². The zero-order chi connectivity index (χ0) is 42.7. The van der Waals surface area contributed by atoms with Crippen LogP contribution in [-0.4, -0.2) is 102 Å². The van der Waals surface area contributed by atoms with Gasteiger partial charge in [-0.2, -0.15) is 0 Å². The summed E-state index contributed by atoms with van der Waals surface area (Å²) >= 11 is 13.4. The van der Waals surface area contributed by atoms with E-state index in [0.717, 1.165) is 52.8 Å². The lowest BCUT2D eigenvalue weighted by Crippen LogP contribution is -2.52. The van der Waals surface area contributed by atoms with Crippen LogP contribution >= 0.6 is 23.2 Å². The standard InChI is InChI=1S/C44H48Cl2N8O6/c1-21(2)33(49-43(57)60-6)41(55)53-29-17-27(29)19-31(53)39-47-34(37(45)50-39)25-13-9-23(10-14-25)7-8-24-11-15-26(16-12-24)35-38(46)51-40(48-35)32-20-28-18-30(28)54(32)42(56)36(22(3)4)52(5)44(58)59/h9-16,21-22,27-33,36H,17-20H2,1-6H3,(H,47,50)(H,48,51)(H,49,57)(H,58,59)/t27-,28-,29-,30-,31+,32+,33+,36+/m1/s1. The van der Waals surface area contributed by atoms with Gasteiger partial charge < -0.3 is 34.9 Å². The maximum absolute atomic E-state index is 13.9. The first-order valence-electron chi connectivity index (χ1n) is 20.3. The first kappa shape index (κ1) is 41.2. The van der Waals surface area contributed by atoms with E-state index in [9.17, 15) is 24.3 Å². The highest BCUT2D eigenvalue weighted by atomic mass is 35.5. The molecule has 14 nitrogen and oxygen atoms in total. The van der Waals surface area contributed by atoms with E-state index in [1.54, 1.807) is 0 Å². The van der Waals surface area contributed by atoms with Crippen molar-refractivity contribution in [3.05, 3.63) is 81.6 Å². The highest BCUT2D eigenvalue weighted by Gasteiger charge is 2.58. The van der Waals surface area contributed by atoms with Gasteiger partial charge in [0, 0.05) is 41.4 Å². The Morgan fingerprint density at radius 3 is 1.62 bits per heavy atom. The lowest BCUT2D eigenvalue weighted by atomic mass is 10.0. The van der Waals surface area contributed by atoms with Crippen LogP contribution in [0.5, 0.6) is 0 Å². The number of halogens is 2. The number of alkyl carbamates (subject to hydrolysis) is 1. The summed E-state index contributed by atoms with van der Waals surface area (Å²) < 4.78 is 4.78. The van der Waals surface area contributed by atoms with E-state index < -0.39 is 24.3 Å². The number of hydrogen-bond donors (Lipinski definition) is 4. The van der Waals surface area contributed by atoms with Gasteiger partial charge in [0.15, 0.2) is 0 Å². The first-order valence-corrected chi connectivity index (χ1v) is 21.1. The van der Waals surface area contributed by atoms with E-state index in [0.29, 0.717) is 45.2 Å². The Balaban J connectivity index is 0.937. The normalized spacial score (nSPS) is 23.4. The Kier molecular flexibility index (Phi) is 11.1. The van der Waals surface area contributed by atoms with Crippen molar-refractivity contribution in [3.63, 3.8) is 0 Å². The number of carboxylic acid groups (broad SMARTS) is 1. The van der Waals surface area contributed by atoms with E-state index >= 15 is 0 Å². The van der Waals surface area contributed by atoms with E-state index in [4.69, 9.17) is 37.9 Å². The summed E-state index contributed by atoms with van der Waals surface area (Å²) in [5, 5.41) is 13.1. The quantitative estimate of drug-likeness (QED) is 0.119. The van der Waals surface area contributed by atoms with Crippen molar-refractivity contribution in [2.45, 2.75) is 89.6 Å². The smallest absolute Gasteiger partial charge is 0.407 e. The number of carbonyl (C=O) groups excluding carboxylic acids is 3. The largest absolute Gasteiger partial charge is 0.465 e. The highest BCUT2D eigenvalue weighted by Crippen LogP contribution is 2.55. The number of rotatable bonds is 10. The van der Waals surface area contributed by atoms with Crippen molar-refractivity contribution in [3.8, 4) is 34.4 Å². The monoisotopic (exact) mass is 854 g/mol. The van der Waals surface area contributed by atoms with Crippen LogP contribution in [0.2, 0.25) is 10.3 Å². The maximum atomic E-state index is 13.9. The zero-order valence-electron chi connectivity index (χ0n) is 34.2. The Morgan fingerprint density at radius 1 is 0.767 bits per heavy atom. The maximum Gasteiger partial charge on any atom is 0.407 e. The summed E-state index contributed by atoms with van der Waals surface area (Å²) in [5.74, 6) is 7.69. The molecule has 60 heavy (non-hydrogen) atoms. The topological polar surface area (TPSA) is 177 Å². The predicted molar refractivity (Wildman–Crippen MR) is 225 cm³/mol. The van der Waals surface area contributed by atoms with Crippen molar-refractivity contribution in [2.24, 2.45) is 23.7 Å². The minimum absolute atomic E-state index is 0.0724. The number of likely N-dealkylation sites (tertiary alicyclic amines) is 2. The molecule has 4 aromatic rings. The summed E-state index contributed by atoms with van der Waals surface area (Å²) in [4.78, 5) is 72.5. The molecule has 8 atom stereocenters. The Labute approximate surface area is 358 Å². The van der Waals surface area contributed by atoms with Gasteiger partial charge in [0.2, 0.25) is 11.8 Å². The van der Waals surface area contributed by atoms with Crippen LogP contribution in [0.3, 0.4) is 0 Å². The van der Waals surface area contributed by atoms with Gasteiger partial charge in [-0.15, -0.1) is 0 Å². The van der Waals surface area contributed by atoms with Crippen LogP contribution in [0.1, 0.15) is 88.2 Å². The molecule has 16 heteroatoms. The first-order chi connectivity index (χ1) is 28.6. The number of imidazole rings is 2. The molecule has 4 fully saturated rings. The number of aromatic nitrogens is 4. The number of piperidine rings is 2. The second kappa shape index (κ2) is 16.2. The molecule has 2 aromatic carbocycles. The van der Waals surface area contributed by atoms with Gasteiger partial charge in [-0.3, -0.25) is 14.5 Å². The fraction of sp³-hybridized carbons (Fsp3) is 0.455. The number of nitrogens with one attached hydrogen (secondary N) is 3. The van der Waals surface area contributed by atoms with Gasteiger partial charge in [-0.05, 0) is 73.6 Å². The molecule has 4 amide bonds. The molecular formula is C44H48Cl2N8O6. The fourth-order valence-electron chi connectivity index (χ4n) is 9.07. The molecule has 2 saturated heterocycles. The van der Waals surface area contributed by atoms with Crippen molar-refractivity contribution < 1.29 is 29.0 Å². The number of aromatic amines is 2. The number of hydrogen-bond acceptors (Lipinski definition) is 7. The van der Waals surface area contributed by atoms with Crippen molar-refractivity contribution >= 4 is 47.2 Å². The summed E-state index contributed by atoms with van der Waals surface area (Å²) in [6.07, 6.45) is 1.56. The third-order valence-electron chi connectivity index (χ3n) is 12.4. The summed E-state index contributed by atoms with van der Waals surface area (Å²) in [7, 11) is 2.72. The lowest BCUT2D eigenvalue weighted by Gasteiger charge is -2.35. The number of fused-ring (bicyclic) bond motifs is 2. The summed E-state index contributed by atoms with van der Waals surface area (Å²) in [6, 6.07) is 13.3. The van der Waals surface area contributed by atoms with Gasteiger partial charge in [0.25, 0.3) is 0 Å². The number of ether oxygens (including phenoxy) is 1. The minimum Gasteiger partial charge on any atom is -0.465 e. The van der Waals surface area contributed by atoms with Crippen LogP contribution in [-0.2, 0) is 14.3 Å². The van der Waals surface area contributed by atoms with Crippen LogP contribution in [0.15, 0.2) is 48.5 Å². The molecule has 4 heterocycles. The molecule has 4 aliphatic rings. The van der Waals surface area contributed by atoms with E-state index in [1.807, 2.05) is 86.0 Å². The third kappa shape index (κ3) is 7.81. The van der Waals surface area contributed by atoms with Gasteiger partial charge in [-0.25, -0.2) is 19.6 Å². The fourth-order valence-corrected chi connectivity index (χ4v) is 9.56. The number of likely N-dealkylation sites (N-methyl/N-ethyl adjacent to an activating group) is 1. The Bertz CT molecular complexity index is 2380. The number of H-pyrrole nitrogens is 2. The molecule has 0 unspecified atom stereocenters. The molecular weight excluding hydrogens is 807 g/mol. The van der Waals surface area contributed by atoms with Gasteiger partial charge >= 0.3 is 12.2 Å². The average Bonchev–Trinajstić information content (AvgIpc) is 3.93. The molecule has 0 radical (unpaired) electrons. The second-order valence-electron chi connectivity index (χ2n) is 17.0. The number of benzene rings is 2. The molecule has 2 saturated carbocycles. The van der Waals surface area contributed by atoms with Crippen LogP contribution < -0.4 is 5.32 Å². The Morgan fingerprint density at radius 2 is 1.22 bits per heavy atom. The molecule has 0 spiro atoms. The molecule has 314 valence electrons. The van der Waals surface area contributed by atoms with E-state index in [-0.39, 0.29) is 47.8 Å². The SMILES string of the molecule is COC(=O)N[C@H](C(=O)N1[C@@H]2C[C@@H]2C[C@H]1c1nc(-c2ccc(C#Cc3ccc(-c4nc([C@@H]5C[C@H]6C[C@H]6N5C(=O)[C@H](C(C)C)N(C)C(=O)O)[nH]c4Cl)cc3)cc2)c(Cl)[nH]1)C(C)C. The molecule has 4 N–H and O–H groups in total. The minimum atomic E-state index is -1.14. The highest BCUT2D eigenvalue weighted by molar-refractivity contribution is 6.32. The summed E-state index contributed by atoms with van der Waals surface area (Å²) in [6.45, 7) is 7.50. The summed E-state index contributed by atoms with van der Waals surface area (Å²) in [5.41, 5.74) is 4.33. The van der Waals surface area contributed by atoms with Crippen LogP contribution in [0.25, 0.3) is 22.5 Å². The number of methoxy groups -OCH3 is 1. The van der Waals surface area contributed by atoms with Gasteiger partial charge in [0.1, 0.15) is 45.4 Å². The zero-order valence-corrected chi connectivity index (χ0v) is 35.7. The van der Waals surface area contributed by atoms with Crippen LogP contribution in [0, 0.1) is 35.5 Å². The molecule has 8 rings (SSSR count). The second-order valence-corrected chi connectivity index (χ2v) is 17.8. The Hall–Kier alpha value is -5.52. The molecule has 2 aromatic heterocycles. The lowest BCUT2D eigenvalue weighted by molar-refractivity contribution is -0.140.